The third kappa shape index (κ3) is 3.50. The van der Waals surface area contributed by atoms with Crippen molar-refractivity contribution in [3.8, 4) is 0 Å². The molecule has 1 unspecified atom stereocenters. The van der Waals surface area contributed by atoms with Crippen LogP contribution >= 0.6 is 0 Å². The van der Waals surface area contributed by atoms with Crippen molar-refractivity contribution in [2.45, 2.75) is 38.6 Å². The van der Waals surface area contributed by atoms with Gasteiger partial charge in [-0.2, -0.15) is 0 Å². The Morgan fingerprint density at radius 1 is 1.35 bits per heavy atom. The highest BCUT2D eigenvalue weighted by atomic mass is 19.1. The van der Waals surface area contributed by atoms with Crippen LogP contribution < -0.4 is 5.32 Å². The van der Waals surface area contributed by atoms with Gasteiger partial charge < -0.3 is 5.32 Å². The fourth-order valence-corrected chi connectivity index (χ4v) is 2.17. The fraction of sp³-hybridized carbons (Fsp3) is 0.571. The topological polar surface area (TPSA) is 12.0 Å². The van der Waals surface area contributed by atoms with Crippen molar-refractivity contribution in [2.75, 3.05) is 6.54 Å². The molecule has 1 nitrogen and oxygen atoms in total. The van der Waals surface area contributed by atoms with E-state index < -0.39 is 0 Å². The Bertz CT molecular complexity index is 374. The highest BCUT2D eigenvalue weighted by Crippen LogP contribution is 2.34. The van der Waals surface area contributed by atoms with Crippen LogP contribution in [0.5, 0.6) is 0 Å². The molecule has 0 bridgehead atoms. The maximum absolute atomic E-state index is 13.5. The molecule has 3 heteroatoms. The Morgan fingerprint density at radius 3 is 2.76 bits per heavy atom. The number of halogens is 2. The molecule has 0 radical (unpaired) electrons. The minimum Gasteiger partial charge on any atom is -0.313 e. The summed E-state index contributed by atoms with van der Waals surface area (Å²) in [5.41, 5.74) is 0.491. The van der Waals surface area contributed by atoms with Crippen LogP contribution in [0.15, 0.2) is 18.2 Å². The van der Waals surface area contributed by atoms with E-state index in [4.69, 9.17) is 0 Å². The van der Waals surface area contributed by atoms with Crippen LogP contribution in [0.4, 0.5) is 8.78 Å². The van der Waals surface area contributed by atoms with Gasteiger partial charge in [0, 0.05) is 6.04 Å². The normalized spacial score (nSPS) is 17.1. The maximum Gasteiger partial charge on any atom is 0.126 e. The molecule has 0 saturated heterocycles. The van der Waals surface area contributed by atoms with Crippen LogP contribution in [0.3, 0.4) is 0 Å². The lowest BCUT2D eigenvalue weighted by atomic mass is 10.0. The van der Waals surface area contributed by atoms with Crippen LogP contribution in [0.1, 0.15) is 31.7 Å². The molecular formula is C14H19F2N. The zero-order valence-electron chi connectivity index (χ0n) is 10.2. The molecule has 0 heterocycles. The van der Waals surface area contributed by atoms with Crippen molar-refractivity contribution in [3.63, 3.8) is 0 Å². The van der Waals surface area contributed by atoms with E-state index in [9.17, 15) is 8.78 Å². The third-order valence-corrected chi connectivity index (χ3v) is 3.30. The van der Waals surface area contributed by atoms with Crippen molar-refractivity contribution in [2.24, 2.45) is 5.92 Å². The Morgan fingerprint density at radius 2 is 2.12 bits per heavy atom. The molecule has 1 saturated carbocycles. The van der Waals surface area contributed by atoms with Gasteiger partial charge in [-0.05, 0) is 61.9 Å². The number of rotatable bonds is 6. The molecule has 17 heavy (non-hydrogen) atoms. The van der Waals surface area contributed by atoms with Gasteiger partial charge in [-0.1, -0.05) is 6.92 Å². The first kappa shape index (κ1) is 12.5. The Kier molecular flexibility index (Phi) is 4.11. The van der Waals surface area contributed by atoms with E-state index in [-0.39, 0.29) is 11.6 Å². The van der Waals surface area contributed by atoms with Crippen molar-refractivity contribution in [1.29, 1.82) is 0 Å². The van der Waals surface area contributed by atoms with Crippen molar-refractivity contribution >= 4 is 0 Å². The summed E-state index contributed by atoms with van der Waals surface area (Å²) < 4.78 is 26.6. The molecule has 2 rings (SSSR count). The van der Waals surface area contributed by atoms with Gasteiger partial charge >= 0.3 is 0 Å². The number of hydrogen-bond acceptors (Lipinski definition) is 1. The summed E-state index contributed by atoms with van der Waals surface area (Å²) in [5, 5.41) is 3.44. The molecule has 0 amide bonds. The SMILES string of the molecule is CCCNC(Cc1cc(F)ccc1F)C1CC1. The second-order valence-electron chi connectivity index (χ2n) is 4.84. The van der Waals surface area contributed by atoms with E-state index in [2.05, 4.69) is 12.2 Å². The van der Waals surface area contributed by atoms with Gasteiger partial charge in [0.05, 0.1) is 0 Å². The zero-order valence-corrected chi connectivity index (χ0v) is 10.2. The van der Waals surface area contributed by atoms with Gasteiger partial charge in [0.15, 0.2) is 0 Å². The quantitative estimate of drug-likeness (QED) is 0.803. The summed E-state index contributed by atoms with van der Waals surface area (Å²) >= 11 is 0. The lowest BCUT2D eigenvalue weighted by Crippen LogP contribution is -2.34. The number of hydrogen-bond donors (Lipinski definition) is 1. The van der Waals surface area contributed by atoms with Crippen molar-refractivity contribution in [3.05, 3.63) is 35.4 Å². The van der Waals surface area contributed by atoms with Crippen LogP contribution in [0.25, 0.3) is 0 Å². The van der Waals surface area contributed by atoms with E-state index in [0.717, 1.165) is 13.0 Å². The summed E-state index contributed by atoms with van der Waals surface area (Å²) in [6.07, 6.45) is 4.07. The summed E-state index contributed by atoms with van der Waals surface area (Å²) in [6.45, 7) is 3.05. The highest BCUT2D eigenvalue weighted by Gasteiger charge is 2.31. The average molecular weight is 239 g/mol. The molecule has 0 spiro atoms. The van der Waals surface area contributed by atoms with Gasteiger partial charge in [-0.25, -0.2) is 8.78 Å². The smallest absolute Gasteiger partial charge is 0.126 e. The van der Waals surface area contributed by atoms with E-state index in [0.29, 0.717) is 23.9 Å². The Labute approximate surface area is 101 Å². The predicted octanol–water partition coefficient (Wildman–Crippen LogP) is 3.29. The summed E-state index contributed by atoms with van der Waals surface area (Å²) in [6, 6.07) is 4.00. The molecule has 1 atom stereocenters. The van der Waals surface area contributed by atoms with E-state index in [1.165, 1.54) is 31.0 Å². The fourth-order valence-electron chi connectivity index (χ4n) is 2.17. The molecule has 1 fully saturated rings. The van der Waals surface area contributed by atoms with Gasteiger partial charge in [-0.3, -0.25) is 0 Å². The Hall–Kier alpha value is -0.960. The minimum atomic E-state index is -0.355. The summed E-state index contributed by atoms with van der Waals surface area (Å²) in [5.74, 6) is -0.00833. The van der Waals surface area contributed by atoms with Gasteiger partial charge in [0.25, 0.3) is 0 Å². The maximum atomic E-state index is 13.5. The van der Waals surface area contributed by atoms with E-state index in [1.807, 2.05) is 0 Å². The number of nitrogens with one attached hydrogen (secondary N) is 1. The molecule has 0 aliphatic heterocycles. The standard InChI is InChI=1S/C14H19F2N/c1-2-7-17-14(10-3-4-10)9-11-8-12(15)5-6-13(11)16/h5-6,8,10,14,17H,2-4,7,9H2,1H3. The molecule has 1 aromatic carbocycles. The first-order valence-corrected chi connectivity index (χ1v) is 6.38. The first-order valence-electron chi connectivity index (χ1n) is 6.38. The average Bonchev–Trinajstić information content (AvgIpc) is 3.13. The Balaban J connectivity index is 2.03. The van der Waals surface area contributed by atoms with E-state index in [1.54, 1.807) is 0 Å². The van der Waals surface area contributed by atoms with Gasteiger partial charge in [0.1, 0.15) is 11.6 Å². The van der Waals surface area contributed by atoms with Gasteiger partial charge in [-0.15, -0.1) is 0 Å². The minimum absolute atomic E-state index is 0.296. The third-order valence-electron chi connectivity index (χ3n) is 3.30. The molecule has 1 aliphatic rings. The monoisotopic (exact) mass is 239 g/mol. The van der Waals surface area contributed by atoms with Crippen LogP contribution in [-0.2, 0) is 6.42 Å². The molecule has 94 valence electrons. The highest BCUT2D eigenvalue weighted by molar-refractivity contribution is 5.20. The van der Waals surface area contributed by atoms with Crippen molar-refractivity contribution < 1.29 is 8.78 Å². The lowest BCUT2D eigenvalue weighted by molar-refractivity contribution is 0.450. The largest absolute Gasteiger partial charge is 0.313 e. The second-order valence-corrected chi connectivity index (χ2v) is 4.84. The van der Waals surface area contributed by atoms with Crippen LogP contribution in [0.2, 0.25) is 0 Å². The van der Waals surface area contributed by atoms with Crippen LogP contribution in [0, 0.1) is 17.6 Å². The van der Waals surface area contributed by atoms with Crippen molar-refractivity contribution in [1.82, 2.24) is 5.32 Å². The molecular weight excluding hydrogens is 220 g/mol. The molecule has 0 aromatic heterocycles. The zero-order chi connectivity index (χ0) is 12.3. The summed E-state index contributed by atoms with van der Waals surface area (Å²) in [7, 11) is 0. The lowest BCUT2D eigenvalue weighted by Gasteiger charge is -2.18. The molecule has 1 aromatic rings. The summed E-state index contributed by atoms with van der Waals surface area (Å²) in [4.78, 5) is 0. The predicted molar refractivity (Wildman–Crippen MR) is 64.9 cm³/mol. The molecule has 1 aliphatic carbocycles. The van der Waals surface area contributed by atoms with Crippen LogP contribution in [-0.4, -0.2) is 12.6 Å². The first-order chi connectivity index (χ1) is 8.20. The second kappa shape index (κ2) is 5.58. The number of benzene rings is 1. The van der Waals surface area contributed by atoms with Gasteiger partial charge in [0.2, 0.25) is 0 Å². The van der Waals surface area contributed by atoms with E-state index >= 15 is 0 Å². The molecule has 1 N–H and O–H groups in total.